The molecule has 0 aliphatic carbocycles. The molecule has 18 heavy (non-hydrogen) atoms. The van der Waals surface area contributed by atoms with Gasteiger partial charge in [0.25, 0.3) is 5.91 Å². The molecule has 1 heterocycles. The van der Waals surface area contributed by atoms with Gasteiger partial charge in [-0.3, -0.25) is 4.79 Å². The van der Waals surface area contributed by atoms with E-state index in [4.69, 9.17) is 28.3 Å². The van der Waals surface area contributed by atoms with Gasteiger partial charge in [0.05, 0.1) is 28.2 Å². The van der Waals surface area contributed by atoms with Crippen LogP contribution in [0.3, 0.4) is 0 Å². The third kappa shape index (κ3) is 1.87. The summed E-state index contributed by atoms with van der Waals surface area (Å²) < 4.78 is 1.31. The maximum atomic E-state index is 11.1. The lowest BCUT2D eigenvalue weighted by Crippen LogP contribution is -2.14. The van der Waals surface area contributed by atoms with Crippen LogP contribution in [0.15, 0.2) is 24.4 Å². The molecule has 1 amide bonds. The molecular weight excluding hydrogens is 254 g/mol. The van der Waals surface area contributed by atoms with E-state index in [0.29, 0.717) is 10.7 Å². The number of amides is 1. The molecule has 0 aliphatic heterocycles. The molecule has 0 fully saturated rings. The van der Waals surface area contributed by atoms with E-state index in [0.717, 1.165) is 0 Å². The molecule has 6 nitrogen and oxygen atoms in total. The maximum absolute atomic E-state index is 11.1. The zero-order valence-corrected chi connectivity index (χ0v) is 9.85. The van der Waals surface area contributed by atoms with Crippen molar-refractivity contribution in [2.45, 2.75) is 0 Å². The Balaban J connectivity index is 2.64. The van der Waals surface area contributed by atoms with Gasteiger partial charge in [-0.25, -0.2) is 4.68 Å². The maximum Gasteiger partial charge on any atom is 0.271 e. The molecular formula is C11H8ClN5O. The van der Waals surface area contributed by atoms with Crippen LogP contribution in [0.4, 0.5) is 5.69 Å². The number of primary amides is 1. The minimum Gasteiger partial charge on any atom is -0.396 e. The van der Waals surface area contributed by atoms with Gasteiger partial charge in [-0.1, -0.05) is 17.7 Å². The van der Waals surface area contributed by atoms with Crippen molar-refractivity contribution in [1.29, 1.82) is 5.26 Å². The highest BCUT2D eigenvalue weighted by Crippen LogP contribution is 2.23. The van der Waals surface area contributed by atoms with E-state index in [2.05, 4.69) is 5.10 Å². The normalized spacial score (nSPS) is 10.0. The van der Waals surface area contributed by atoms with E-state index in [1.807, 2.05) is 6.07 Å². The van der Waals surface area contributed by atoms with Gasteiger partial charge in [-0.05, 0) is 12.1 Å². The van der Waals surface area contributed by atoms with Crippen LogP contribution in [0, 0.1) is 11.3 Å². The number of nitrogen functional groups attached to an aromatic ring is 1. The van der Waals surface area contributed by atoms with Gasteiger partial charge in [0.2, 0.25) is 0 Å². The molecule has 0 saturated heterocycles. The van der Waals surface area contributed by atoms with E-state index < -0.39 is 5.91 Å². The van der Waals surface area contributed by atoms with Crippen molar-refractivity contribution in [3.05, 3.63) is 40.7 Å². The van der Waals surface area contributed by atoms with Crippen LogP contribution in [0.2, 0.25) is 5.02 Å². The van der Waals surface area contributed by atoms with Gasteiger partial charge in [0.15, 0.2) is 5.69 Å². The molecule has 0 spiro atoms. The molecule has 1 aromatic carbocycles. The number of carbonyl (C=O) groups is 1. The van der Waals surface area contributed by atoms with Crippen molar-refractivity contribution in [3.8, 4) is 11.8 Å². The number of benzene rings is 1. The van der Waals surface area contributed by atoms with Crippen LogP contribution in [0.5, 0.6) is 0 Å². The van der Waals surface area contributed by atoms with Crippen LogP contribution >= 0.6 is 11.6 Å². The number of carbonyl (C=O) groups excluding carboxylic acids is 1. The fourth-order valence-electron chi connectivity index (χ4n) is 1.52. The van der Waals surface area contributed by atoms with Crippen LogP contribution in [-0.4, -0.2) is 15.7 Å². The number of anilines is 1. The molecule has 7 heteroatoms. The van der Waals surface area contributed by atoms with E-state index in [-0.39, 0.29) is 16.9 Å². The predicted molar refractivity (Wildman–Crippen MR) is 66.2 cm³/mol. The summed E-state index contributed by atoms with van der Waals surface area (Å²) in [5.41, 5.74) is 11.5. The highest BCUT2D eigenvalue weighted by Gasteiger charge is 2.15. The summed E-state index contributed by atoms with van der Waals surface area (Å²) in [6.45, 7) is 0. The molecule has 90 valence electrons. The first kappa shape index (κ1) is 12.0. The van der Waals surface area contributed by atoms with E-state index in [9.17, 15) is 4.79 Å². The molecule has 0 bridgehead atoms. The van der Waals surface area contributed by atoms with Crippen LogP contribution in [0.1, 0.15) is 16.1 Å². The van der Waals surface area contributed by atoms with Crippen molar-refractivity contribution in [2.75, 3.05) is 5.73 Å². The predicted octanol–water partition coefficient (Wildman–Crippen LogP) is 1.08. The number of aromatic nitrogens is 2. The number of hydrogen-bond acceptors (Lipinski definition) is 4. The summed E-state index contributed by atoms with van der Waals surface area (Å²) in [5, 5.41) is 13.3. The summed E-state index contributed by atoms with van der Waals surface area (Å²) in [4.78, 5) is 11.1. The number of halogens is 1. The highest BCUT2D eigenvalue weighted by atomic mass is 35.5. The Kier molecular flexibility index (Phi) is 2.92. The monoisotopic (exact) mass is 261 g/mol. The van der Waals surface area contributed by atoms with Gasteiger partial charge < -0.3 is 11.5 Å². The van der Waals surface area contributed by atoms with Crippen molar-refractivity contribution >= 4 is 23.2 Å². The standard InChI is InChI=1S/C11H8ClN5O/c12-7-2-1-3-9(6(7)4-13)17-5-8(14)10(16-17)11(15)18/h1-3,5H,14H2,(H2,15,18). The first-order valence-electron chi connectivity index (χ1n) is 4.88. The summed E-state index contributed by atoms with van der Waals surface area (Å²) >= 11 is 5.90. The second-order valence-electron chi connectivity index (χ2n) is 3.49. The average molecular weight is 262 g/mol. The summed E-state index contributed by atoms with van der Waals surface area (Å²) in [7, 11) is 0. The van der Waals surface area contributed by atoms with Crippen molar-refractivity contribution < 1.29 is 4.79 Å². The van der Waals surface area contributed by atoms with Gasteiger partial charge in [-0.2, -0.15) is 10.4 Å². The Morgan fingerprint density at radius 1 is 1.50 bits per heavy atom. The molecule has 2 aromatic rings. The first-order chi connectivity index (χ1) is 8.54. The minimum atomic E-state index is -0.730. The lowest BCUT2D eigenvalue weighted by atomic mass is 10.2. The molecule has 4 N–H and O–H groups in total. The number of rotatable bonds is 2. The molecule has 2 rings (SSSR count). The Morgan fingerprint density at radius 2 is 2.22 bits per heavy atom. The van der Waals surface area contributed by atoms with Crippen LogP contribution in [0.25, 0.3) is 5.69 Å². The summed E-state index contributed by atoms with van der Waals surface area (Å²) in [5.74, 6) is -0.730. The van der Waals surface area contributed by atoms with Gasteiger partial charge in [0, 0.05) is 0 Å². The second-order valence-corrected chi connectivity index (χ2v) is 3.89. The zero-order chi connectivity index (χ0) is 13.3. The topological polar surface area (TPSA) is 111 Å². The second kappa shape index (κ2) is 4.39. The Hall–Kier alpha value is -2.52. The number of hydrogen-bond donors (Lipinski definition) is 2. The Bertz CT molecular complexity index is 671. The van der Waals surface area contributed by atoms with E-state index in [1.54, 1.807) is 18.2 Å². The highest BCUT2D eigenvalue weighted by molar-refractivity contribution is 6.32. The fraction of sp³-hybridized carbons (Fsp3) is 0. The summed E-state index contributed by atoms with van der Waals surface area (Å²) in [6.07, 6.45) is 1.41. The molecule has 1 aromatic heterocycles. The van der Waals surface area contributed by atoms with Crippen LogP contribution in [-0.2, 0) is 0 Å². The quantitative estimate of drug-likeness (QED) is 0.842. The van der Waals surface area contributed by atoms with Crippen molar-refractivity contribution in [2.24, 2.45) is 5.73 Å². The third-order valence-electron chi connectivity index (χ3n) is 2.33. The van der Waals surface area contributed by atoms with Gasteiger partial charge >= 0.3 is 0 Å². The van der Waals surface area contributed by atoms with Gasteiger partial charge in [-0.15, -0.1) is 0 Å². The minimum absolute atomic E-state index is 0.0427. The lowest BCUT2D eigenvalue weighted by Gasteiger charge is -2.04. The largest absolute Gasteiger partial charge is 0.396 e. The van der Waals surface area contributed by atoms with Gasteiger partial charge in [0.1, 0.15) is 6.07 Å². The smallest absolute Gasteiger partial charge is 0.271 e. The van der Waals surface area contributed by atoms with Crippen LogP contribution < -0.4 is 11.5 Å². The SMILES string of the molecule is N#Cc1c(Cl)cccc1-n1cc(N)c(C(N)=O)n1. The van der Waals surface area contributed by atoms with E-state index >= 15 is 0 Å². The molecule has 0 radical (unpaired) electrons. The third-order valence-corrected chi connectivity index (χ3v) is 2.64. The fourth-order valence-corrected chi connectivity index (χ4v) is 1.73. The van der Waals surface area contributed by atoms with Crippen molar-refractivity contribution in [1.82, 2.24) is 9.78 Å². The average Bonchev–Trinajstić information content (AvgIpc) is 2.71. The lowest BCUT2D eigenvalue weighted by molar-refractivity contribution is 0.0996. The van der Waals surface area contributed by atoms with E-state index in [1.165, 1.54) is 10.9 Å². The first-order valence-corrected chi connectivity index (χ1v) is 5.26. The Morgan fingerprint density at radius 3 is 2.78 bits per heavy atom. The molecule has 0 unspecified atom stereocenters. The summed E-state index contributed by atoms with van der Waals surface area (Å²) in [6, 6.07) is 6.87. The molecule has 0 saturated carbocycles. The number of nitriles is 1. The number of nitrogens with zero attached hydrogens (tertiary/aromatic N) is 3. The molecule has 0 atom stereocenters. The molecule has 0 aliphatic rings. The van der Waals surface area contributed by atoms with Crippen molar-refractivity contribution in [3.63, 3.8) is 0 Å². The number of nitrogens with two attached hydrogens (primary N) is 2. The zero-order valence-electron chi connectivity index (χ0n) is 9.09. The Labute approximate surface area is 107 Å².